The zero-order valence-electron chi connectivity index (χ0n) is 10.7. The van der Waals surface area contributed by atoms with Gasteiger partial charge in [0.25, 0.3) is 0 Å². The molecule has 2 amide bonds. The Morgan fingerprint density at radius 1 is 1.30 bits per heavy atom. The Kier molecular flexibility index (Phi) is 2.45. The predicted molar refractivity (Wildman–Crippen MR) is 81.1 cm³/mol. The topological polar surface area (TPSA) is 46.6 Å². The van der Waals surface area contributed by atoms with E-state index in [1.807, 2.05) is 37.3 Å². The molecule has 2 bridgehead atoms. The Labute approximate surface area is 129 Å². The fourth-order valence-corrected chi connectivity index (χ4v) is 4.05. The smallest absolute Gasteiger partial charge is 0.241 e. The van der Waals surface area contributed by atoms with Gasteiger partial charge in [0.15, 0.2) is 0 Å². The molecule has 20 heavy (non-hydrogen) atoms. The van der Waals surface area contributed by atoms with E-state index >= 15 is 0 Å². The Bertz CT molecular complexity index is 671. The highest BCUT2D eigenvalue weighted by Gasteiger charge is 2.65. The van der Waals surface area contributed by atoms with Crippen LogP contribution in [0.3, 0.4) is 0 Å². The van der Waals surface area contributed by atoms with Crippen molar-refractivity contribution in [3.05, 3.63) is 40.0 Å². The van der Waals surface area contributed by atoms with Crippen molar-refractivity contribution in [2.45, 2.75) is 18.6 Å². The second kappa shape index (κ2) is 3.92. The standard InChI is InChI=1S/C15H12INO3/c1-15-6-5-10(20-15)11-12(15)14(19)17(13(11)18)9-4-2-3-8(16)7-9/h2-7,10-12H,1H3/t10-,11-,12+,15+/m1/s1. The summed E-state index contributed by atoms with van der Waals surface area (Å²) in [5, 5.41) is 0. The van der Waals surface area contributed by atoms with Crippen molar-refractivity contribution >= 4 is 40.1 Å². The van der Waals surface area contributed by atoms with Gasteiger partial charge < -0.3 is 4.74 Å². The lowest BCUT2D eigenvalue weighted by molar-refractivity contribution is -0.126. The summed E-state index contributed by atoms with van der Waals surface area (Å²) < 4.78 is 6.80. The van der Waals surface area contributed by atoms with Gasteiger partial charge in [0, 0.05) is 3.57 Å². The highest BCUT2D eigenvalue weighted by atomic mass is 127. The van der Waals surface area contributed by atoms with E-state index in [1.165, 1.54) is 4.90 Å². The molecule has 4 atom stereocenters. The van der Waals surface area contributed by atoms with Crippen LogP contribution in [0.2, 0.25) is 0 Å². The van der Waals surface area contributed by atoms with E-state index in [0.29, 0.717) is 5.69 Å². The molecule has 0 N–H and O–H groups in total. The predicted octanol–water partition coefficient (Wildman–Crippen LogP) is 2.12. The number of amides is 2. The summed E-state index contributed by atoms with van der Waals surface area (Å²) in [6.45, 7) is 1.89. The van der Waals surface area contributed by atoms with Crippen molar-refractivity contribution < 1.29 is 14.3 Å². The van der Waals surface area contributed by atoms with Gasteiger partial charge in [0.05, 0.1) is 29.2 Å². The summed E-state index contributed by atoms with van der Waals surface area (Å²) in [5.41, 5.74) is 0.0305. The molecule has 2 fully saturated rings. The van der Waals surface area contributed by atoms with Crippen LogP contribution in [0.1, 0.15) is 6.92 Å². The Morgan fingerprint density at radius 2 is 2.10 bits per heavy atom. The molecule has 0 aliphatic carbocycles. The quantitative estimate of drug-likeness (QED) is 0.426. The summed E-state index contributed by atoms with van der Waals surface area (Å²) in [7, 11) is 0. The van der Waals surface area contributed by atoms with Crippen LogP contribution in [0.4, 0.5) is 5.69 Å². The van der Waals surface area contributed by atoms with Gasteiger partial charge in [-0.25, -0.2) is 4.90 Å². The fourth-order valence-electron chi connectivity index (χ4n) is 3.52. The van der Waals surface area contributed by atoms with E-state index in [-0.39, 0.29) is 29.8 Å². The molecule has 0 saturated carbocycles. The van der Waals surface area contributed by atoms with Gasteiger partial charge in [0.1, 0.15) is 0 Å². The number of carbonyl (C=O) groups is 2. The number of halogens is 1. The Hall–Kier alpha value is -1.21. The minimum atomic E-state index is -0.626. The Balaban J connectivity index is 1.79. The average Bonchev–Trinajstić information content (AvgIpc) is 2.99. The summed E-state index contributed by atoms with van der Waals surface area (Å²) in [6, 6.07) is 7.45. The fraction of sp³-hybridized carbons (Fsp3) is 0.333. The number of hydrogen-bond acceptors (Lipinski definition) is 3. The number of nitrogens with zero attached hydrogens (tertiary/aromatic N) is 1. The van der Waals surface area contributed by atoms with E-state index in [1.54, 1.807) is 6.07 Å². The van der Waals surface area contributed by atoms with Crippen LogP contribution in [0.25, 0.3) is 0 Å². The van der Waals surface area contributed by atoms with Crippen molar-refractivity contribution in [2.24, 2.45) is 11.8 Å². The SMILES string of the molecule is C[C@@]12C=C[C@@H](O1)[C@H]1C(=O)N(c3cccc(I)c3)C(=O)[C@H]12. The van der Waals surface area contributed by atoms with E-state index < -0.39 is 5.60 Å². The van der Waals surface area contributed by atoms with Gasteiger partial charge in [-0.15, -0.1) is 0 Å². The number of imide groups is 1. The maximum absolute atomic E-state index is 12.7. The number of hydrogen-bond donors (Lipinski definition) is 0. The average molecular weight is 381 g/mol. The normalized spacial score (nSPS) is 37.9. The first-order valence-electron chi connectivity index (χ1n) is 6.52. The van der Waals surface area contributed by atoms with Crippen LogP contribution < -0.4 is 4.90 Å². The van der Waals surface area contributed by atoms with E-state index in [4.69, 9.17) is 4.74 Å². The number of benzene rings is 1. The summed E-state index contributed by atoms with van der Waals surface area (Å²) >= 11 is 2.18. The molecule has 0 radical (unpaired) electrons. The van der Waals surface area contributed by atoms with Crippen LogP contribution in [0, 0.1) is 15.4 Å². The van der Waals surface area contributed by atoms with Gasteiger partial charge in [-0.05, 0) is 47.7 Å². The second-order valence-corrected chi connectivity index (χ2v) is 6.87. The minimum Gasteiger partial charge on any atom is -0.362 e. The summed E-state index contributed by atoms with van der Waals surface area (Å²) in [4.78, 5) is 26.7. The Morgan fingerprint density at radius 3 is 2.80 bits per heavy atom. The van der Waals surface area contributed by atoms with Gasteiger partial charge >= 0.3 is 0 Å². The van der Waals surface area contributed by atoms with Gasteiger partial charge in [0.2, 0.25) is 11.8 Å². The molecular weight excluding hydrogens is 369 g/mol. The molecule has 2 saturated heterocycles. The lowest BCUT2D eigenvalue weighted by Crippen LogP contribution is -2.38. The number of fused-ring (bicyclic) bond motifs is 5. The molecular formula is C15H12INO3. The first-order chi connectivity index (χ1) is 9.51. The zero-order valence-corrected chi connectivity index (χ0v) is 12.9. The van der Waals surface area contributed by atoms with Crippen LogP contribution >= 0.6 is 22.6 Å². The third-order valence-corrected chi connectivity index (χ3v) is 5.07. The minimum absolute atomic E-state index is 0.139. The van der Waals surface area contributed by atoms with Crippen LogP contribution in [0.5, 0.6) is 0 Å². The van der Waals surface area contributed by atoms with Gasteiger partial charge in [-0.1, -0.05) is 18.2 Å². The maximum Gasteiger partial charge on any atom is 0.241 e. The third-order valence-electron chi connectivity index (χ3n) is 4.40. The van der Waals surface area contributed by atoms with Gasteiger partial charge in [-0.3, -0.25) is 9.59 Å². The summed E-state index contributed by atoms with van der Waals surface area (Å²) in [6.07, 6.45) is 3.57. The molecule has 3 aliphatic heterocycles. The first-order valence-corrected chi connectivity index (χ1v) is 7.60. The van der Waals surface area contributed by atoms with Crippen molar-refractivity contribution in [1.82, 2.24) is 0 Å². The van der Waals surface area contributed by atoms with E-state index in [2.05, 4.69) is 22.6 Å². The zero-order chi connectivity index (χ0) is 14.1. The summed E-state index contributed by atoms with van der Waals surface area (Å²) in [5.74, 6) is -1.03. The highest BCUT2D eigenvalue weighted by Crippen LogP contribution is 2.52. The molecule has 3 aliphatic rings. The van der Waals surface area contributed by atoms with Crippen LogP contribution in [0.15, 0.2) is 36.4 Å². The second-order valence-electron chi connectivity index (χ2n) is 5.62. The molecule has 4 nitrogen and oxygen atoms in total. The van der Waals surface area contributed by atoms with Gasteiger partial charge in [-0.2, -0.15) is 0 Å². The van der Waals surface area contributed by atoms with Crippen molar-refractivity contribution in [2.75, 3.05) is 4.90 Å². The monoisotopic (exact) mass is 381 g/mol. The molecule has 0 aromatic heterocycles. The third kappa shape index (κ3) is 1.45. The molecule has 102 valence electrons. The lowest BCUT2D eigenvalue weighted by Gasteiger charge is -2.24. The first kappa shape index (κ1) is 12.5. The molecule has 0 spiro atoms. The highest BCUT2D eigenvalue weighted by molar-refractivity contribution is 14.1. The molecule has 4 rings (SSSR count). The van der Waals surface area contributed by atoms with Crippen molar-refractivity contribution in [1.29, 1.82) is 0 Å². The molecule has 0 unspecified atom stereocenters. The number of carbonyl (C=O) groups excluding carboxylic acids is 2. The lowest BCUT2D eigenvalue weighted by atomic mass is 9.78. The largest absolute Gasteiger partial charge is 0.362 e. The molecule has 3 heterocycles. The molecule has 5 heteroatoms. The van der Waals surface area contributed by atoms with Crippen molar-refractivity contribution in [3.8, 4) is 0 Å². The number of rotatable bonds is 1. The number of anilines is 1. The number of ether oxygens (including phenoxy) is 1. The van der Waals surface area contributed by atoms with Crippen molar-refractivity contribution in [3.63, 3.8) is 0 Å². The van der Waals surface area contributed by atoms with E-state index in [0.717, 1.165) is 3.57 Å². The van der Waals surface area contributed by atoms with E-state index in [9.17, 15) is 9.59 Å². The maximum atomic E-state index is 12.7. The van der Waals surface area contributed by atoms with Crippen LogP contribution in [-0.4, -0.2) is 23.5 Å². The molecule has 1 aromatic carbocycles. The molecule has 1 aromatic rings. The van der Waals surface area contributed by atoms with Crippen LogP contribution in [-0.2, 0) is 14.3 Å².